The van der Waals surface area contributed by atoms with Crippen LogP contribution in [0.3, 0.4) is 0 Å². The van der Waals surface area contributed by atoms with E-state index >= 15 is 0 Å². The minimum atomic E-state index is -0.134. The summed E-state index contributed by atoms with van der Waals surface area (Å²) in [6.45, 7) is 6.36. The summed E-state index contributed by atoms with van der Waals surface area (Å²) < 4.78 is 0. The molecule has 0 spiro atoms. The van der Waals surface area contributed by atoms with E-state index < -0.39 is 0 Å². The fraction of sp³-hybridized carbons (Fsp3) is 0.529. The Morgan fingerprint density at radius 3 is 2.67 bits per heavy atom. The first-order chi connectivity index (χ1) is 11.6. The molecular weight excluding hydrogens is 304 g/mol. The molecule has 0 radical (unpaired) electrons. The van der Waals surface area contributed by atoms with Crippen molar-refractivity contribution < 1.29 is 0 Å². The molecule has 0 amide bonds. The predicted molar refractivity (Wildman–Crippen MR) is 94.4 cm³/mol. The zero-order valence-corrected chi connectivity index (χ0v) is 14.3. The number of hydrogen-bond acceptors (Lipinski definition) is 6. The monoisotopic (exact) mass is 328 g/mol. The van der Waals surface area contributed by atoms with Crippen LogP contribution in [0.4, 0.5) is 11.8 Å². The Bertz CT molecular complexity index is 751. The van der Waals surface area contributed by atoms with Gasteiger partial charge in [-0.15, -0.1) is 0 Å². The van der Waals surface area contributed by atoms with Gasteiger partial charge in [0.25, 0.3) is 5.56 Å². The number of hydrogen-bond donors (Lipinski definition) is 2. The molecule has 0 unspecified atom stereocenters. The van der Waals surface area contributed by atoms with Gasteiger partial charge in [-0.3, -0.25) is 4.79 Å². The molecule has 7 nitrogen and oxygen atoms in total. The van der Waals surface area contributed by atoms with Crippen LogP contribution in [-0.2, 0) is 13.0 Å². The van der Waals surface area contributed by atoms with E-state index in [0.717, 1.165) is 37.0 Å². The van der Waals surface area contributed by atoms with Gasteiger partial charge in [-0.2, -0.15) is 4.98 Å². The van der Waals surface area contributed by atoms with Gasteiger partial charge in [0.05, 0.1) is 6.54 Å². The van der Waals surface area contributed by atoms with E-state index in [0.29, 0.717) is 18.1 Å². The summed E-state index contributed by atoms with van der Waals surface area (Å²) in [5.41, 5.74) is 1.59. The van der Waals surface area contributed by atoms with Crippen LogP contribution < -0.4 is 15.8 Å². The van der Waals surface area contributed by atoms with Gasteiger partial charge in [0.2, 0.25) is 5.95 Å². The molecule has 2 N–H and O–H groups in total. The van der Waals surface area contributed by atoms with Crippen molar-refractivity contribution in [2.24, 2.45) is 0 Å². The van der Waals surface area contributed by atoms with Crippen LogP contribution in [0.15, 0.2) is 16.9 Å². The number of piperidine rings is 1. The van der Waals surface area contributed by atoms with Gasteiger partial charge in [-0.25, -0.2) is 9.97 Å². The van der Waals surface area contributed by atoms with Crippen molar-refractivity contribution in [3.8, 4) is 0 Å². The highest BCUT2D eigenvalue weighted by molar-refractivity contribution is 5.44. The molecule has 0 bridgehead atoms. The van der Waals surface area contributed by atoms with E-state index in [1.165, 1.54) is 25.3 Å². The van der Waals surface area contributed by atoms with Gasteiger partial charge in [0.15, 0.2) is 0 Å². The number of nitrogens with one attached hydrogen (secondary N) is 2. The van der Waals surface area contributed by atoms with E-state index in [1.54, 1.807) is 0 Å². The maximum atomic E-state index is 11.5. The molecule has 3 heterocycles. The highest BCUT2D eigenvalue weighted by Gasteiger charge is 2.15. The lowest BCUT2D eigenvalue weighted by molar-refractivity contribution is 0.567. The SMILES string of the molecule is CCc1cc(NCc2nc(C)cc(=O)[nH]2)nc(N2CCCCC2)n1. The molecule has 1 fully saturated rings. The second-order valence-electron chi connectivity index (χ2n) is 6.13. The van der Waals surface area contributed by atoms with E-state index in [-0.39, 0.29) is 5.56 Å². The third kappa shape index (κ3) is 4.10. The number of H-pyrrole nitrogens is 1. The molecule has 0 aromatic carbocycles. The van der Waals surface area contributed by atoms with Crippen LogP contribution in [0.1, 0.15) is 43.4 Å². The average Bonchev–Trinajstić information content (AvgIpc) is 2.59. The maximum Gasteiger partial charge on any atom is 0.251 e. The third-order valence-electron chi connectivity index (χ3n) is 4.12. The van der Waals surface area contributed by atoms with Crippen molar-refractivity contribution in [1.82, 2.24) is 19.9 Å². The van der Waals surface area contributed by atoms with Crippen LogP contribution in [0.25, 0.3) is 0 Å². The minimum absolute atomic E-state index is 0.134. The Labute approximate surface area is 141 Å². The smallest absolute Gasteiger partial charge is 0.251 e. The average molecular weight is 328 g/mol. The van der Waals surface area contributed by atoms with Gasteiger partial charge in [-0.1, -0.05) is 6.92 Å². The quantitative estimate of drug-likeness (QED) is 0.873. The second-order valence-corrected chi connectivity index (χ2v) is 6.13. The first-order valence-corrected chi connectivity index (χ1v) is 8.57. The lowest BCUT2D eigenvalue weighted by Crippen LogP contribution is -2.31. The molecule has 2 aromatic rings. The number of rotatable bonds is 5. The van der Waals surface area contributed by atoms with Gasteiger partial charge < -0.3 is 15.2 Å². The molecule has 1 aliphatic rings. The fourth-order valence-corrected chi connectivity index (χ4v) is 2.89. The number of aromatic nitrogens is 4. The highest BCUT2D eigenvalue weighted by atomic mass is 16.1. The number of nitrogens with zero attached hydrogens (tertiary/aromatic N) is 4. The zero-order chi connectivity index (χ0) is 16.9. The van der Waals surface area contributed by atoms with Crippen molar-refractivity contribution in [3.05, 3.63) is 39.7 Å². The van der Waals surface area contributed by atoms with E-state index in [2.05, 4.69) is 37.1 Å². The van der Waals surface area contributed by atoms with Crippen LogP contribution in [0, 0.1) is 6.92 Å². The van der Waals surface area contributed by atoms with E-state index in [4.69, 9.17) is 0 Å². The summed E-state index contributed by atoms with van der Waals surface area (Å²) in [5.74, 6) is 2.17. The van der Waals surface area contributed by atoms with Gasteiger partial charge >= 0.3 is 0 Å². The normalized spacial score (nSPS) is 14.7. The van der Waals surface area contributed by atoms with Crippen LogP contribution in [0.2, 0.25) is 0 Å². The first-order valence-electron chi connectivity index (χ1n) is 8.57. The lowest BCUT2D eigenvalue weighted by atomic mass is 10.1. The summed E-state index contributed by atoms with van der Waals surface area (Å²) >= 11 is 0. The highest BCUT2D eigenvalue weighted by Crippen LogP contribution is 2.19. The number of anilines is 2. The van der Waals surface area contributed by atoms with Gasteiger partial charge in [-0.05, 0) is 32.6 Å². The molecule has 2 aromatic heterocycles. The molecule has 0 aliphatic carbocycles. The zero-order valence-electron chi connectivity index (χ0n) is 14.3. The summed E-state index contributed by atoms with van der Waals surface area (Å²) in [6, 6.07) is 3.44. The van der Waals surface area contributed by atoms with Crippen molar-refractivity contribution in [2.75, 3.05) is 23.3 Å². The summed E-state index contributed by atoms with van der Waals surface area (Å²) in [4.78, 5) is 30.2. The Balaban J connectivity index is 1.77. The Hall–Kier alpha value is -2.44. The van der Waals surface area contributed by atoms with E-state index in [1.807, 2.05) is 13.0 Å². The van der Waals surface area contributed by atoms with Crippen LogP contribution in [-0.4, -0.2) is 33.0 Å². The molecule has 1 saturated heterocycles. The molecule has 1 aliphatic heterocycles. The van der Waals surface area contributed by atoms with Crippen molar-refractivity contribution >= 4 is 11.8 Å². The third-order valence-corrected chi connectivity index (χ3v) is 4.12. The van der Waals surface area contributed by atoms with Crippen molar-refractivity contribution in [2.45, 2.75) is 46.1 Å². The second kappa shape index (κ2) is 7.42. The summed E-state index contributed by atoms with van der Waals surface area (Å²) in [6.07, 6.45) is 4.52. The molecule has 128 valence electrons. The lowest BCUT2D eigenvalue weighted by Gasteiger charge is -2.27. The molecule has 24 heavy (non-hydrogen) atoms. The molecule has 0 atom stereocenters. The molecule has 3 rings (SSSR count). The minimum Gasteiger partial charge on any atom is -0.363 e. The molecular formula is C17H24N6O. The Morgan fingerprint density at radius 1 is 1.17 bits per heavy atom. The predicted octanol–water partition coefficient (Wildman–Crippen LogP) is 2.03. The van der Waals surface area contributed by atoms with Crippen LogP contribution >= 0.6 is 0 Å². The fourth-order valence-electron chi connectivity index (χ4n) is 2.89. The largest absolute Gasteiger partial charge is 0.363 e. The van der Waals surface area contributed by atoms with E-state index in [9.17, 15) is 4.79 Å². The van der Waals surface area contributed by atoms with Gasteiger partial charge in [0, 0.05) is 36.6 Å². The molecule has 7 heteroatoms. The van der Waals surface area contributed by atoms with Gasteiger partial charge in [0.1, 0.15) is 11.6 Å². The molecule has 0 saturated carbocycles. The standard InChI is InChI=1S/C17H24N6O/c1-3-13-10-14(18-11-15-19-12(2)9-16(24)21-15)22-17(20-13)23-7-5-4-6-8-23/h9-10H,3-8,11H2,1-2H3,(H,18,20,22)(H,19,21,24). The van der Waals surface area contributed by atoms with Crippen LogP contribution in [0.5, 0.6) is 0 Å². The Kier molecular flexibility index (Phi) is 5.08. The first kappa shape index (κ1) is 16.4. The number of aryl methyl sites for hydroxylation is 2. The summed E-state index contributed by atoms with van der Waals surface area (Å²) in [5, 5.41) is 3.26. The Morgan fingerprint density at radius 2 is 1.96 bits per heavy atom. The van der Waals surface area contributed by atoms with Crippen molar-refractivity contribution in [3.63, 3.8) is 0 Å². The van der Waals surface area contributed by atoms with Crippen molar-refractivity contribution in [1.29, 1.82) is 0 Å². The maximum absolute atomic E-state index is 11.5. The number of aromatic amines is 1. The topological polar surface area (TPSA) is 86.8 Å². The summed E-state index contributed by atoms with van der Waals surface area (Å²) in [7, 11) is 0.